The van der Waals surface area contributed by atoms with Crippen LogP contribution in [0.2, 0.25) is 0 Å². The molecule has 1 aromatic rings. The van der Waals surface area contributed by atoms with Crippen molar-refractivity contribution >= 4 is 0 Å². The zero-order chi connectivity index (χ0) is 6.69. The van der Waals surface area contributed by atoms with Crippen LogP contribution in [0.3, 0.4) is 0 Å². The van der Waals surface area contributed by atoms with E-state index in [1.54, 1.807) is 6.07 Å². The highest BCUT2D eigenvalue weighted by Gasteiger charge is 1.94. The minimum atomic E-state index is -0.444. The highest BCUT2D eigenvalue weighted by Crippen LogP contribution is 1.95. The molecule has 4 nitrogen and oxygen atoms in total. The fourth-order valence-corrected chi connectivity index (χ4v) is 0.478. The topological polar surface area (TPSA) is 62.3 Å². The first-order valence-corrected chi connectivity index (χ1v) is 2.33. The van der Waals surface area contributed by atoms with Gasteiger partial charge in [-0.05, 0) is 12.1 Å². The molecular weight excluding hydrogens is 122 g/mol. The summed E-state index contributed by atoms with van der Waals surface area (Å²) in [5, 5.41) is 8.00. The molecule has 48 valence electrons. The third kappa shape index (κ3) is 1.09. The molecule has 1 rings (SSSR count). The van der Waals surface area contributed by atoms with Crippen LogP contribution in [0.15, 0.2) is 23.1 Å². The van der Waals surface area contributed by atoms with E-state index in [9.17, 15) is 4.79 Å². The lowest BCUT2D eigenvalue weighted by molar-refractivity contribution is -0.138. The van der Waals surface area contributed by atoms with Gasteiger partial charge in [-0.15, -0.1) is 0 Å². The molecule has 0 spiro atoms. The van der Waals surface area contributed by atoms with Crippen LogP contribution in [0.5, 0.6) is 5.75 Å². The van der Waals surface area contributed by atoms with Crippen LogP contribution < -0.4 is 10.4 Å². The summed E-state index contributed by atoms with van der Waals surface area (Å²) in [6, 6.07) is 2.91. The Kier molecular flexibility index (Phi) is 1.51. The van der Waals surface area contributed by atoms with E-state index >= 15 is 0 Å². The maximum absolute atomic E-state index is 10.5. The standard InChI is InChI=1S/C5H5NO3/c7-5-4(9-8)2-1-3-6-5/h1-3,8H,(H,6,7). The summed E-state index contributed by atoms with van der Waals surface area (Å²) in [5.41, 5.74) is -0.444. The molecule has 0 amide bonds. The van der Waals surface area contributed by atoms with Crippen molar-refractivity contribution in [2.24, 2.45) is 0 Å². The number of hydrogen-bond donors (Lipinski definition) is 2. The molecule has 1 aromatic heterocycles. The molecule has 0 aromatic carbocycles. The van der Waals surface area contributed by atoms with Gasteiger partial charge in [0.25, 0.3) is 5.56 Å². The first-order valence-electron chi connectivity index (χ1n) is 2.33. The van der Waals surface area contributed by atoms with E-state index in [1.807, 2.05) is 0 Å². The quantitative estimate of drug-likeness (QED) is 0.419. The average Bonchev–Trinajstić information content (AvgIpc) is 1.89. The molecule has 0 aliphatic carbocycles. The molecule has 4 heteroatoms. The Morgan fingerprint density at radius 2 is 2.44 bits per heavy atom. The number of H-pyrrole nitrogens is 1. The Labute approximate surface area is 50.6 Å². The van der Waals surface area contributed by atoms with Crippen LogP contribution in [0.1, 0.15) is 0 Å². The van der Waals surface area contributed by atoms with Crippen molar-refractivity contribution in [3.63, 3.8) is 0 Å². The summed E-state index contributed by atoms with van der Waals surface area (Å²) in [5.74, 6) is -0.0995. The summed E-state index contributed by atoms with van der Waals surface area (Å²) in [6.07, 6.45) is 1.45. The summed E-state index contributed by atoms with van der Waals surface area (Å²) < 4.78 is 0. The Morgan fingerprint density at radius 1 is 1.67 bits per heavy atom. The van der Waals surface area contributed by atoms with E-state index in [0.717, 1.165) is 0 Å². The molecule has 0 aliphatic rings. The highest BCUT2D eigenvalue weighted by molar-refractivity contribution is 5.14. The van der Waals surface area contributed by atoms with Crippen LogP contribution in [-0.4, -0.2) is 10.2 Å². The Hall–Kier alpha value is -1.29. The third-order valence-corrected chi connectivity index (χ3v) is 0.880. The van der Waals surface area contributed by atoms with E-state index in [-0.39, 0.29) is 5.75 Å². The van der Waals surface area contributed by atoms with Crippen molar-refractivity contribution in [1.82, 2.24) is 4.98 Å². The van der Waals surface area contributed by atoms with E-state index in [1.165, 1.54) is 12.3 Å². The SMILES string of the molecule is O=c1[nH]cccc1OO. The predicted octanol–water partition coefficient (Wildman–Crippen LogP) is 0.227. The minimum absolute atomic E-state index is 0.0995. The second-order valence-corrected chi connectivity index (χ2v) is 1.45. The first-order chi connectivity index (χ1) is 4.34. The summed E-state index contributed by atoms with van der Waals surface area (Å²) in [7, 11) is 0. The van der Waals surface area contributed by atoms with Gasteiger partial charge >= 0.3 is 0 Å². The Balaban J connectivity index is 3.16. The van der Waals surface area contributed by atoms with Crippen molar-refractivity contribution in [3.8, 4) is 5.75 Å². The first kappa shape index (κ1) is 5.84. The molecule has 2 N–H and O–H groups in total. The molecule has 0 fully saturated rings. The molecule has 0 aliphatic heterocycles. The predicted molar refractivity (Wildman–Crippen MR) is 30.3 cm³/mol. The monoisotopic (exact) mass is 127 g/mol. The maximum Gasteiger partial charge on any atom is 0.294 e. The second kappa shape index (κ2) is 2.32. The molecule has 0 radical (unpaired) electrons. The van der Waals surface area contributed by atoms with Crippen molar-refractivity contribution in [1.29, 1.82) is 0 Å². The lowest BCUT2D eigenvalue weighted by Crippen LogP contribution is -2.06. The largest absolute Gasteiger partial charge is 0.334 e. The maximum atomic E-state index is 10.5. The number of aromatic nitrogens is 1. The molecule has 9 heavy (non-hydrogen) atoms. The Morgan fingerprint density at radius 3 is 2.89 bits per heavy atom. The Bertz CT molecular complexity index is 242. The van der Waals surface area contributed by atoms with Gasteiger partial charge in [-0.1, -0.05) is 0 Å². The van der Waals surface area contributed by atoms with Gasteiger partial charge in [0, 0.05) is 6.20 Å². The number of aromatic amines is 1. The van der Waals surface area contributed by atoms with Gasteiger partial charge < -0.3 is 9.87 Å². The smallest absolute Gasteiger partial charge is 0.294 e. The van der Waals surface area contributed by atoms with E-state index in [4.69, 9.17) is 5.26 Å². The van der Waals surface area contributed by atoms with E-state index < -0.39 is 5.56 Å². The highest BCUT2D eigenvalue weighted by atomic mass is 17.1. The van der Waals surface area contributed by atoms with Crippen LogP contribution >= 0.6 is 0 Å². The zero-order valence-corrected chi connectivity index (χ0v) is 4.50. The molecule has 0 saturated heterocycles. The lowest BCUT2D eigenvalue weighted by Gasteiger charge is -1.90. The number of rotatable bonds is 1. The average molecular weight is 127 g/mol. The van der Waals surface area contributed by atoms with Crippen molar-refractivity contribution < 1.29 is 10.1 Å². The second-order valence-electron chi connectivity index (χ2n) is 1.45. The van der Waals surface area contributed by atoms with Crippen LogP contribution in [0.25, 0.3) is 0 Å². The third-order valence-electron chi connectivity index (χ3n) is 0.880. The van der Waals surface area contributed by atoms with Crippen LogP contribution in [0, 0.1) is 0 Å². The molecule has 0 atom stereocenters. The van der Waals surface area contributed by atoms with Crippen LogP contribution in [0.4, 0.5) is 0 Å². The van der Waals surface area contributed by atoms with Gasteiger partial charge in [0.2, 0.25) is 5.75 Å². The fraction of sp³-hybridized carbons (Fsp3) is 0. The van der Waals surface area contributed by atoms with Gasteiger partial charge in [-0.25, -0.2) is 5.26 Å². The molecule has 0 unspecified atom stereocenters. The molecule has 1 heterocycles. The fourth-order valence-electron chi connectivity index (χ4n) is 0.478. The zero-order valence-electron chi connectivity index (χ0n) is 4.50. The summed E-state index contributed by atoms with van der Waals surface area (Å²) in [6.45, 7) is 0. The number of hydrogen-bond acceptors (Lipinski definition) is 3. The van der Waals surface area contributed by atoms with E-state index in [2.05, 4.69) is 9.87 Å². The molecule has 0 saturated carbocycles. The van der Waals surface area contributed by atoms with E-state index in [0.29, 0.717) is 0 Å². The van der Waals surface area contributed by atoms with Crippen molar-refractivity contribution in [2.45, 2.75) is 0 Å². The van der Waals surface area contributed by atoms with Crippen molar-refractivity contribution in [2.75, 3.05) is 0 Å². The van der Waals surface area contributed by atoms with Gasteiger partial charge in [-0.3, -0.25) is 4.79 Å². The van der Waals surface area contributed by atoms with Gasteiger partial charge in [0.15, 0.2) is 0 Å². The van der Waals surface area contributed by atoms with Crippen LogP contribution in [-0.2, 0) is 0 Å². The number of pyridine rings is 1. The molecule has 0 bridgehead atoms. The van der Waals surface area contributed by atoms with Gasteiger partial charge in [-0.2, -0.15) is 0 Å². The van der Waals surface area contributed by atoms with Gasteiger partial charge in [0.1, 0.15) is 0 Å². The summed E-state index contributed by atoms with van der Waals surface area (Å²) >= 11 is 0. The molecular formula is C5H5NO3. The minimum Gasteiger partial charge on any atom is -0.334 e. The normalized spacial score (nSPS) is 9.00. The summed E-state index contributed by atoms with van der Waals surface area (Å²) in [4.78, 5) is 16.5. The lowest BCUT2D eigenvalue weighted by atomic mass is 10.5. The number of nitrogens with one attached hydrogen (secondary N) is 1. The van der Waals surface area contributed by atoms with Crippen molar-refractivity contribution in [3.05, 3.63) is 28.7 Å². The van der Waals surface area contributed by atoms with Gasteiger partial charge in [0.05, 0.1) is 0 Å².